The maximum Gasteiger partial charge on any atom is 0.270 e. The van der Waals surface area contributed by atoms with E-state index in [0.29, 0.717) is 18.8 Å². The highest BCUT2D eigenvalue weighted by molar-refractivity contribution is 6.22. The van der Waals surface area contributed by atoms with E-state index in [1.165, 1.54) is 6.07 Å². The number of fused-ring (bicyclic) bond motifs is 2. The summed E-state index contributed by atoms with van der Waals surface area (Å²) >= 11 is 0. The summed E-state index contributed by atoms with van der Waals surface area (Å²) in [6.45, 7) is -0.0156. The molecule has 28 heavy (non-hydrogen) atoms. The molecule has 9 nitrogen and oxygen atoms in total. The molecular formula is C19H15N3O6. The van der Waals surface area contributed by atoms with Crippen molar-refractivity contribution in [3.63, 3.8) is 0 Å². The minimum Gasteiger partial charge on any atom is -0.493 e. The molecule has 0 bridgehead atoms. The number of carbonyl (C=O) groups is 3. The third kappa shape index (κ3) is 2.96. The lowest BCUT2D eigenvalue weighted by molar-refractivity contribution is -0.384. The van der Waals surface area contributed by atoms with Gasteiger partial charge in [0.25, 0.3) is 17.5 Å². The van der Waals surface area contributed by atoms with Crippen molar-refractivity contribution < 1.29 is 24.0 Å². The van der Waals surface area contributed by atoms with Crippen LogP contribution in [0, 0.1) is 10.1 Å². The van der Waals surface area contributed by atoms with Crippen LogP contribution in [0.3, 0.4) is 0 Å². The molecule has 142 valence electrons. The lowest BCUT2D eigenvalue weighted by Gasteiger charge is -2.27. The third-order valence-corrected chi connectivity index (χ3v) is 4.76. The first kappa shape index (κ1) is 17.7. The zero-order chi connectivity index (χ0) is 19.8. The molecular weight excluding hydrogens is 366 g/mol. The van der Waals surface area contributed by atoms with E-state index in [4.69, 9.17) is 4.74 Å². The predicted molar refractivity (Wildman–Crippen MR) is 95.9 cm³/mol. The van der Waals surface area contributed by atoms with Crippen molar-refractivity contribution in [1.82, 2.24) is 10.2 Å². The Bertz CT molecular complexity index is 1020. The normalized spacial score (nSPS) is 17.6. The van der Waals surface area contributed by atoms with Crippen LogP contribution in [0.2, 0.25) is 0 Å². The highest BCUT2D eigenvalue weighted by Crippen LogP contribution is 2.32. The molecule has 1 atom stereocenters. The average molecular weight is 381 g/mol. The number of benzene rings is 2. The van der Waals surface area contributed by atoms with E-state index in [1.807, 2.05) is 24.3 Å². The fourth-order valence-corrected chi connectivity index (χ4v) is 3.41. The summed E-state index contributed by atoms with van der Waals surface area (Å²) in [7, 11) is 0. The highest BCUT2D eigenvalue weighted by atomic mass is 16.6. The Morgan fingerprint density at radius 1 is 1.18 bits per heavy atom. The molecule has 0 saturated heterocycles. The Morgan fingerprint density at radius 2 is 1.93 bits per heavy atom. The van der Waals surface area contributed by atoms with Gasteiger partial charge in [0.1, 0.15) is 12.3 Å². The van der Waals surface area contributed by atoms with Crippen LogP contribution in [0.5, 0.6) is 5.75 Å². The molecule has 0 radical (unpaired) electrons. The van der Waals surface area contributed by atoms with E-state index < -0.39 is 29.2 Å². The molecule has 0 saturated carbocycles. The van der Waals surface area contributed by atoms with Crippen LogP contribution in [-0.2, 0) is 4.79 Å². The molecule has 2 aromatic rings. The monoisotopic (exact) mass is 381 g/mol. The molecule has 0 fully saturated rings. The van der Waals surface area contributed by atoms with Gasteiger partial charge in [0.2, 0.25) is 5.91 Å². The van der Waals surface area contributed by atoms with Gasteiger partial charge in [-0.2, -0.15) is 0 Å². The number of nitrogens with one attached hydrogen (secondary N) is 1. The van der Waals surface area contributed by atoms with Gasteiger partial charge in [-0.1, -0.05) is 18.2 Å². The Balaban J connectivity index is 1.49. The zero-order valence-corrected chi connectivity index (χ0v) is 14.6. The van der Waals surface area contributed by atoms with Gasteiger partial charge in [0.05, 0.1) is 28.7 Å². The lowest BCUT2D eigenvalue weighted by Crippen LogP contribution is -2.42. The number of nitro groups is 1. The van der Waals surface area contributed by atoms with E-state index >= 15 is 0 Å². The number of ether oxygens (including phenoxy) is 1. The van der Waals surface area contributed by atoms with Crippen molar-refractivity contribution in [2.24, 2.45) is 0 Å². The largest absolute Gasteiger partial charge is 0.493 e. The van der Waals surface area contributed by atoms with E-state index in [1.54, 1.807) is 0 Å². The fraction of sp³-hybridized carbons (Fsp3) is 0.211. The third-order valence-electron chi connectivity index (χ3n) is 4.76. The maximum atomic E-state index is 12.5. The summed E-state index contributed by atoms with van der Waals surface area (Å²) in [6.07, 6.45) is 0.567. The van der Waals surface area contributed by atoms with E-state index in [-0.39, 0.29) is 22.9 Å². The van der Waals surface area contributed by atoms with Gasteiger partial charge in [-0.15, -0.1) is 0 Å². The van der Waals surface area contributed by atoms with Crippen molar-refractivity contribution >= 4 is 23.4 Å². The summed E-state index contributed by atoms with van der Waals surface area (Å²) in [6, 6.07) is 10.5. The van der Waals surface area contributed by atoms with Crippen molar-refractivity contribution in [2.45, 2.75) is 12.5 Å². The van der Waals surface area contributed by atoms with E-state index in [2.05, 4.69) is 5.32 Å². The summed E-state index contributed by atoms with van der Waals surface area (Å²) in [5.74, 6) is -1.17. The second-order valence-electron chi connectivity index (χ2n) is 6.48. The number of nitro benzene ring substituents is 1. The number of amides is 3. The van der Waals surface area contributed by atoms with Crippen LogP contribution in [0.1, 0.15) is 38.7 Å². The summed E-state index contributed by atoms with van der Waals surface area (Å²) in [4.78, 5) is 48.5. The molecule has 9 heteroatoms. The molecule has 0 aliphatic carbocycles. The van der Waals surface area contributed by atoms with Gasteiger partial charge in [-0.05, 0) is 12.1 Å². The van der Waals surface area contributed by atoms with Gasteiger partial charge >= 0.3 is 0 Å². The Labute approximate surface area is 159 Å². The number of hydrogen-bond donors (Lipinski definition) is 1. The molecule has 2 aliphatic heterocycles. The van der Waals surface area contributed by atoms with Crippen molar-refractivity contribution in [3.05, 3.63) is 69.3 Å². The van der Waals surface area contributed by atoms with Crippen LogP contribution in [0.15, 0.2) is 42.5 Å². The Morgan fingerprint density at radius 3 is 2.71 bits per heavy atom. The molecule has 1 N–H and O–H groups in total. The van der Waals surface area contributed by atoms with E-state index in [9.17, 15) is 24.5 Å². The molecule has 4 rings (SSSR count). The van der Waals surface area contributed by atoms with Crippen LogP contribution >= 0.6 is 0 Å². The first-order chi connectivity index (χ1) is 13.5. The van der Waals surface area contributed by atoms with Gasteiger partial charge in [-0.3, -0.25) is 29.4 Å². The topological polar surface area (TPSA) is 119 Å². The van der Waals surface area contributed by atoms with Gasteiger partial charge in [-0.25, -0.2) is 0 Å². The summed E-state index contributed by atoms with van der Waals surface area (Å²) in [5.41, 5.74) is 0.535. The van der Waals surface area contributed by atoms with Crippen LogP contribution in [0.4, 0.5) is 5.69 Å². The van der Waals surface area contributed by atoms with Crippen LogP contribution < -0.4 is 10.1 Å². The minimum atomic E-state index is -0.716. The fourth-order valence-electron chi connectivity index (χ4n) is 3.41. The molecule has 0 aromatic heterocycles. The summed E-state index contributed by atoms with van der Waals surface area (Å²) in [5, 5.41) is 13.7. The van der Waals surface area contributed by atoms with Gasteiger partial charge < -0.3 is 10.1 Å². The first-order valence-electron chi connectivity index (χ1n) is 8.61. The lowest BCUT2D eigenvalue weighted by atomic mass is 10.0. The van der Waals surface area contributed by atoms with Gasteiger partial charge in [0, 0.05) is 24.1 Å². The number of para-hydroxylation sites is 1. The molecule has 2 aliphatic rings. The quantitative estimate of drug-likeness (QED) is 0.490. The SMILES string of the molecule is O=C(CN1C(=O)c2ccc([N+](=O)[O-])cc2C1=O)NC1CCOc2ccccc21. The molecule has 3 amide bonds. The Hall–Kier alpha value is -3.75. The van der Waals surface area contributed by atoms with Gasteiger partial charge in [0.15, 0.2) is 0 Å². The maximum absolute atomic E-state index is 12.5. The molecule has 1 unspecified atom stereocenters. The molecule has 0 spiro atoms. The number of rotatable bonds is 4. The predicted octanol–water partition coefficient (Wildman–Crippen LogP) is 1.83. The second-order valence-corrected chi connectivity index (χ2v) is 6.48. The standard InChI is InChI=1S/C19H15N3O6/c23-17(20-15-7-8-28-16-4-2-1-3-13(15)16)10-21-18(24)12-6-5-11(22(26)27)9-14(12)19(21)25/h1-6,9,15H,7-8,10H2,(H,20,23). The number of imide groups is 1. The second kappa shape index (κ2) is 6.76. The zero-order valence-electron chi connectivity index (χ0n) is 14.6. The molecule has 2 aromatic carbocycles. The highest BCUT2D eigenvalue weighted by Gasteiger charge is 2.38. The number of hydrogen-bond acceptors (Lipinski definition) is 6. The number of nitrogens with zero attached hydrogens (tertiary/aromatic N) is 2. The average Bonchev–Trinajstić information content (AvgIpc) is 2.92. The van der Waals surface area contributed by atoms with E-state index in [0.717, 1.165) is 22.6 Å². The van der Waals surface area contributed by atoms with Crippen molar-refractivity contribution in [3.8, 4) is 5.75 Å². The number of non-ortho nitro benzene ring substituents is 1. The summed E-state index contributed by atoms with van der Waals surface area (Å²) < 4.78 is 5.55. The van der Waals surface area contributed by atoms with Crippen LogP contribution in [0.25, 0.3) is 0 Å². The smallest absolute Gasteiger partial charge is 0.270 e. The first-order valence-corrected chi connectivity index (χ1v) is 8.61. The van der Waals surface area contributed by atoms with Crippen LogP contribution in [-0.4, -0.2) is 40.7 Å². The minimum absolute atomic E-state index is 0.0554. The molecule has 2 heterocycles. The van der Waals surface area contributed by atoms with Crippen molar-refractivity contribution in [1.29, 1.82) is 0 Å². The Kier molecular flexibility index (Phi) is 4.26. The number of carbonyl (C=O) groups excluding carboxylic acids is 3. The van der Waals surface area contributed by atoms with Crippen molar-refractivity contribution in [2.75, 3.05) is 13.2 Å².